The normalized spacial score (nSPS) is 29.4. The lowest BCUT2D eigenvalue weighted by Crippen LogP contribution is -2.35. The van der Waals surface area contributed by atoms with E-state index < -0.39 is 0 Å². The summed E-state index contributed by atoms with van der Waals surface area (Å²) >= 11 is 0. The average molecular weight is 231 g/mol. The lowest BCUT2D eigenvalue weighted by Gasteiger charge is -2.11. The highest BCUT2D eigenvalue weighted by Crippen LogP contribution is 2.37. The fourth-order valence-electron chi connectivity index (χ4n) is 2.40. The van der Waals surface area contributed by atoms with E-state index in [4.69, 9.17) is 4.74 Å². The number of hydrogen-bond acceptors (Lipinski definition) is 2. The topological polar surface area (TPSA) is 38.3 Å². The van der Waals surface area contributed by atoms with Gasteiger partial charge in [-0.25, -0.2) is 0 Å². The number of hydrogen-bond donors (Lipinski definition) is 1. The Balaban J connectivity index is 1.51. The fraction of sp³-hybridized carbons (Fsp3) is 0.500. The first-order chi connectivity index (χ1) is 8.24. The van der Waals surface area contributed by atoms with Crippen LogP contribution in [-0.4, -0.2) is 18.6 Å². The van der Waals surface area contributed by atoms with Crippen molar-refractivity contribution in [2.45, 2.75) is 25.9 Å². The third kappa shape index (κ3) is 2.14. The van der Waals surface area contributed by atoms with E-state index in [9.17, 15) is 4.79 Å². The van der Waals surface area contributed by atoms with Crippen molar-refractivity contribution in [1.29, 1.82) is 0 Å². The second-order valence-corrected chi connectivity index (χ2v) is 5.12. The van der Waals surface area contributed by atoms with Crippen LogP contribution in [0.5, 0.6) is 5.75 Å². The molecule has 1 aliphatic carbocycles. The van der Waals surface area contributed by atoms with Gasteiger partial charge in [-0.2, -0.15) is 0 Å². The molecule has 0 radical (unpaired) electrons. The Bertz CT molecular complexity index is 419. The lowest BCUT2D eigenvalue weighted by molar-refractivity contribution is -0.122. The van der Waals surface area contributed by atoms with E-state index in [1.165, 1.54) is 5.56 Å². The predicted octanol–water partition coefficient (Wildman–Crippen LogP) is 1.76. The maximum atomic E-state index is 11.7. The van der Waals surface area contributed by atoms with Gasteiger partial charge in [0.15, 0.2) is 0 Å². The molecule has 1 N–H and O–H groups in total. The van der Waals surface area contributed by atoms with Crippen molar-refractivity contribution in [3.05, 3.63) is 29.8 Å². The third-order valence-electron chi connectivity index (χ3n) is 3.66. The molecule has 1 heterocycles. The molecule has 1 aliphatic heterocycles. The minimum Gasteiger partial charge on any atom is -0.488 e. The fourth-order valence-corrected chi connectivity index (χ4v) is 2.40. The van der Waals surface area contributed by atoms with Crippen molar-refractivity contribution in [2.24, 2.45) is 11.8 Å². The minimum absolute atomic E-state index is 0.102. The molecule has 1 saturated carbocycles. The lowest BCUT2D eigenvalue weighted by atomic mass is 10.1. The monoisotopic (exact) mass is 231 g/mol. The molecule has 2 aliphatic rings. The standard InChI is InChI=1S/C14H17NO2/c1-9-6-12(9)14(16)15-8-11-7-10-4-2-3-5-13(10)17-11/h2-5,9,11-12H,6-8H2,1H3,(H,15,16). The van der Waals surface area contributed by atoms with Crippen LogP contribution in [0.15, 0.2) is 24.3 Å². The summed E-state index contributed by atoms with van der Waals surface area (Å²) in [7, 11) is 0. The molecule has 1 aromatic carbocycles. The van der Waals surface area contributed by atoms with Gasteiger partial charge in [-0.15, -0.1) is 0 Å². The second-order valence-electron chi connectivity index (χ2n) is 5.12. The molecule has 1 fully saturated rings. The number of para-hydroxylation sites is 1. The Morgan fingerprint density at radius 2 is 2.24 bits per heavy atom. The number of fused-ring (bicyclic) bond motifs is 1. The largest absolute Gasteiger partial charge is 0.488 e. The Hall–Kier alpha value is -1.51. The van der Waals surface area contributed by atoms with E-state index in [0.29, 0.717) is 12.5 Å². The Labute approximate surface area is 101 Å². The summed E-state index contributed by atoms with van der Waals surface area (Å²) in [6, 6.07) is 8.07. The molecule has 17 heavy (non-hydrogen) atoms. The number of carbonyl (C=O) groups excluding carboxylic acids is 1. The first kappa shape index (κ1) is 10.6. The first-order valence-corrected chi connectivity index (χ1v) is 6.26. The summed E-state index contributed by atoms with van der Waals surface area (Å²) in [5, 5.41) is 2.99. The van der Waals surface area contributed by atoms with Crippen LogP contribution < -0.4 is 10.1 Å². The number of rotatable bonds is 3. The third-order valence-corrected chi connectivity index (χ3v) is 3.66. The molecule has 3 atom stereocenters. The van der Waals surface area contributed by atoms with Crippen molar-refractivity contribution in [3.8, 4) is 5.75 Å². The van der Waals surface area contributed by atoms with E-state index in [1.54, 1.807) is 0 Å². The highest BCUT2D eigenvalue weighted by atomic mass is 16.5. The number of carbonyl (C=O) groups is 1. The van der Waals surface area contributed by atoms with Gasteiger partial charge in [0.2, 0.25) is 5.91 Å². The summed E-state index contributed by atoms with van der Waals surface area (Å²) in [4.78, 5) is 11.7. The number of nitrogens with one attached hydrogen (secondary N) is 1. The Kier molecular flexibility index (Phi) is 2.54. The average Bonchev–Trinajstić information content (AvgIpc) is 2.92. The molecule has 3 unspecified atom stereocenters. The van der Waals surface area contributed by atoms with E-state index in [1.807, 2.05) is 18.2 Å². The summed E-state index contributed by atoms with van der Waals surface area (Å²) < 4.78 is 5.77. The zero-order chi connectivity index (χ0) is 11.8. The molecule has 3 nitrogen and oxygen atoms in total. The van der Waals surface area contributed by atoms with Crippen LogP contribution in [0.2, 0.25) is 0 Å². The molecule has 90 valence electrons. The van der Waals surface area contributed by atoms with E-state index in [0.717, 1.165) is 18.6 Å². The summed E-state index contributed by atoms with van der Waals surface area (Å²) in [5.74, 6) is 1.97. The van der Waals surface area contributed by atoms with Gasteiger partial charge in [0, 0.05) is 12.3 Å². The van der Waals surface area contributed by atoms with Crippen molar-refractivity contribution in [2.75, 3.05) is 6.54 Å². The Morgan fingerprint density at radius 1 is 1.47 bits per heavy atom. The Morgan fingerprint density at radius 3 is 2.94 bits per heavy atom. The van der Waals surface area contributed by atoms with E-state index in [-0.39, 0.29) is 17.9 Å². The van der Waals surface area contributed by atoms with Crippen molar-refractivity contribution < 1.29 is 9.53 Å². The van der Waals surface area contributed by atoms with Crippen LogP contribution in [-0.2, 0) is 11.2 Å². The SMILES string of the molecule is CC1CC1C(=O)NCC1Cc2ccccc2O1. The van der Waals surface area contributed by atoms with Gasteiger partial charge in [0.1, 0.15) is 11.9 Å². The highest BCUT2D eigenvalue weighted by Gasteiger charge is 2.39. The molecule has 0 saturated heterocycles. The predicted molar refractivity (Wildman–Crippen MR) is 64.8 cm³/mol. The van der Waals surface area contributed by atoms with Crippen LogP contribution >= 0.6 is 0 Å². The zero-order valence-electron chi connectivity index (χ0n) is 9.98. The van der Waals surface area contributed by atoms with Gasteiger partial charge in [-0.05, 0) is 24.0 Å². The molecule has 0 spiro atoms. The summed E-state index contributed by atoms with van der Waals surface area (Å²) in [5.41, 5.74) is 1.24. The number of amides is 1. The molecule has 3 rings (SSSR count). The number of ether oxygens (including phenoxy) is 1. The molecular weight excluding hydrogens is 214 g/mol. The molecule has 3 heteroatoms. The smallest absolute Gasteiger partial charge is 0.223 e. The van der Waals surface area contributed by atoms with Crippen LogP contribution in [0, 0.1) is 11.8 Å². The summed E-state index contributed by atoms with van der Waals surface area (Å²) in [6.45, 7) is 2.74. The molecule has 0 aromatic heterocycles. The van der Waals surface area contributed by atoms with Gasteiger partial charge in [0.25, 0.3) is 0 Å². The highest BCUT2D eigenvalue weighted by molar-refractivity contribution is 5.81. The van der Waals surface area contributed by atoms with Crippen molar-refractivity contribution in [3.63, 3.8) is 0 Å². The molecular formula is C14H17NO2. The summed E-state index contributed by atoms with van der Waals surface area (Å²) in [6.07, 6.45) is 2.04. The van der Waals surface area contributed by atoms with Gasteiger partial charge >= 0.3 is 0 Å². The van der Waals surface area contributed by atoms with E-state index in [2.05, 4.69) is 18.3 Å². The van der Waals surface area contributed by atoms with Crippen LogP contribution in [0.25, 0.3) is 0 Å². The second kappa shape index (κ2) is 4.06. The molecule has 1 aromatic rings. The van der Waals surface area contributed by atoms with Gasteiger partial charge in [-0.1, -0.05) is 25.1 Å². The maximum Gasteiger partial charge on any atom is 0.223 e. The van der Waals surface area contributed by atoms with Gasteiger partial charge < -0.3 is 10.1 Å². The van der Waals surface area contributed by atoms with Gasteiger partial charge in [0.05, 0.1) is 6.54 Å². The first-order valence-electron chi connectivity index (χ1n) is 6.26. The van der Waals surface area contributed by atoms with Crippen molar-refractivity contribution >= 4 is 5.91 Å². The quantitative estimate of drug-likeness (QED) is 0.861. The van der Waals surface area contributed by atoms with Crippen LogP contribution in [0.1, 0.15) is 18.9 Å². The van der Waals surface area contributed by atoms with Gasteiger partial charge in [-0.3, -0.25) is 4.79 Å². The molecule has 1 amide bonds. The molecule has 0 bridgehead atoms. The zero-order valence-corrected chi connectivity index (χ0v) is 9.98. The van der Waals surface area contributed by atoms with Crippen LogP contribution in [0.4, 0.5) is 0 Å². The van der Waals surface area contributed by atoms with Crippen molar-refractivity contribution in [1.82, 2.24) is 5.32 Å². The number of benzene rings is 1. The van der Waals surface area contributed by atoms with E-state index >= 15 is 0 Å². The maximum absolute atomic E-state index is 11.7. The minimum atomic E-state index is 0.102. The van der Waals surface area contributed by atoms with Crippen LogP contribution in [0.3, 0.4) is 0 Å².